The molecule has 1 heterocycles. The van der Waals surface area contributed by atoms with Crippen molar-refractivity contribution in [2.75, 3.05) is 6.26 Å². The highest BCUT2D eigenvalue weighted by molar-refractivity contribution is 8.00. The number of thioether (sulfide) groups is 1. The van der Waals surface area contributed by atoms with E-state index in [1.54, 1.807) is 0 Å². The van der Waals surface area contributed by atoms with Crippen LogP contribution in [0.2, 0.25) is 0 Å². The summed E-state index contributed by atoms with van der Waals surface area (Å²) in [4.78, 5) is 24.5. The normalized spacial score (nSPS) is 25.5. The zero-order chi connectivity index (χ0) is 10.0. The number of carbonyl (C=O) groups excluding carboxylic acids is 2. The standard InChI is InChI=1S/C9H15NO2S/c1-4-6(2)10-8(11)5-7(13-3)9(10)12/h6-7H,4-5H2,1-3H3. The molecule has 74 valence electrons. The Labute approximate surface area is 82.9 Å². The summed E-state index contributed by atoms with van der Waals surface area (Å²) < 4.78 is 0. The summed E-state index contributed by atoms with van der Waals surface area (Å²) in [7, 11) is 0. The van der Waals surface area contributed by atoms with Crippen LogP contribution in [0.4, 0.5) is 0 Å². The van der Waals surface area contributed by atoms with Crippen molar-refractivity contribution in [3.8, 4) is 0 Å². The third-order valence-corrected chi connectivity index (χ3v) is 3.40. The number of hydrogen-bond donors (Lipinski definition) is 0. The van der Waals surface area contributed by atoms with Gasteiger partial charge in [0.15, 0.2) is 0 Å². The Morgan fingerprint density at radius 3 is 2.62 bits per heavy atom. The lowest BCUT2D eigenvalue weighted by Gasteiger charge is -2.21. The lowest BCUT2D eigenvalue weighted by molar-refractivity contribution is -0.140. The Morgan fingerprint density at radius 1 is 1.62 bits per heavy atom. The average Bonchev–Trinajstić information content (AvgIpc) is 2.40. The first-order valence-corrected chi connectivity index (χ1v) is 5.79. The highest BCUT2D eigenvalue weighted by atomic mass is 32.2. The van der Waals surface area contributed by atoms with Crippen molar-refractivity contribution in [1.82, 2.24) is 4.90 Å². The second-order valence-corrected chi connectivity index (χ2v) is 4.33. The van der Waals surface area contributed by atoms with Gasteiger partial charge < -0.3 is 0 Å². The van der Waals surface area contributed by atoms with Gasteiger partial charge in [-0.25, -0.2) is 0 Å². The Bertz CT molecular complexity index is 230. The predicted octanol–water partition coefficient (Wildman–Crippen LogP) is 1.28. The molecule has 3 nitrogen and oxygen atoms in total. The lowest BCUT2D eigenvalue weighted by atomic mass is 10.2. The Morgan fingerprint density at radius 2 is 2.23 bits per heavy atom. The second-order valence-electron chi connectivity index (χ2n) is 3.29. The van der Waals surface area contributed by atoms with Crippen LogP contribution < -0.4 is 0 Å². The number of carbonyl (C=O) groups is 2. The fourth-order valence-electron chi connectivity index (χ4n) is 1.45. The molecule has 2 amide bonds. The van der Waals surface area contributed by atoms with E-state index >= 15 is 0 Å². The zero-order valence-electron chi connectivity index (χ0n) is 8.24. The van der Waals surface area contributed by atoms with Gasteiger partial charge in [-0.05, 0) is 19.6 Å². The molecule has 0 N–H and O–H groups in total. The number of nitrogens with zero attached hydrogens (tertiary/aromatic N) is 1. The summed E-state index contributed by atoms with van der Waals surface area (Å²) in [6.07, 6.45) is 3.08. The number of amides is 2. The molecule has 1 aliphatic heterocycles. The van der Waals surface area contributed by atoms with Crippen LogP contribution in [-0.4, -0.2) is 34.3 Å². The predicted molar refractivity (Wildman–Crippen MR) is 53.5 cm³/mol. The van der Waals surface area contributed by atoms with Gasteiger partial charge in [0.2, 0.25) is 11.8 Å². The van der Waals surface area contributed by atoms with Crippen molar-refractivity contribution in [2.45, 2.75) is 38.0 Å². The van der Waals surface area contributed by atoms with Crippen molar-refractivity contribution in [3.05, 3.63) is 0 Å². The molecule has 0 aliphatic carbocycles. The fourth-order valence-corrected chi connectivity index (χ4v) is 2.08. The molecule has 0 aromatic heterocycles. The quantitative estimate of drug-likeness (QED) is 0.645. The smallest absolute Gasteiger partial charge is 0.243 e. The van der Waals surface area contributed by atoms with Crippen molar-refractivity contribution in [1.29, 1.82) is 0 Å². The molecule has 1 aliphatic rings. The summed E-state index contributed by atoms with van der Waals surface area (Å²) in [5.74, 6) is -0.0226. The number of hydrogen-bond acceptors (Lipinski definition) is 3. The van der Waals surface area contributed by atoms with Crippen molar-refractivity contribution >= 4 is 23.6 Å². The van der Waals surface area contributed by atoms with Gasteiger partial charge in [0, 0.05) is 12.5 Å². The number of rotatable bonds is 3. The molecule has 1 rings (SSSR count). The van der Waals surface area contributed by atoms with Crippen LogP contribution >= 0.6 is 11.8 Å². The molecule has 4 heteroatoms. The lowest BCUT2D eigenvalue weighted by Crippen LogP contribution is -2.38. The molecule has 0 bridgehead atoms. The van der Waals surface area contributed by atoms with Crippen LogP contribution in [0.1, 0.15) is 26.7 Å². The maximum Gasteiger partial charge on any atom is 0.243 e. The Kier molecular flexibility index (Phi) is 3.36. The monoisotopic (exact) mass is 201 g/mol. The molecular weight excluding hydrogens is 186 g/mol. The molecule has 0 radical (unpaired) electrons. The van der Waals surface area contributed by atoms with Crippen LogP contribution in [0.15, 0.2) is 0 Å². The maximum absolute atomic E-state index is 11.6. The molecule has 13 heavy (non-hydrogen) atoms. The van der Waals surface area contributed by atoms with Crippen molar-refractivity contribution in [3.63, 3.8) is 0 Å². The largest absolute Gasteiger partial charge is 0.279 e. The first-order chi connectivity index (χ1) is 6.11. The Balaban J connectivity index is 2.75. The summed E-state index contributed by atoms with van der Waals surface area (Å²) in [6, 6.07) is 0.0529. The van der Waals surface area contributed by atoms with Gasteiger partial charge in [-0.2, -0.15) is 11.8 Å². The third kappa shape index (κ3) is 1.88. The van der Waals surface area contributed by atoms with Gasteiger partial charge in [-0.3, -0.25) is 14.5 Å². The SMILES string of the molecule is CCC(C)N1C(=O)CC(SC)C1=O. The average molecular weight is 201 g/mol. The van der Waals surface area contributed by atoms with E-state index in [-0.39, 0.29) is 23.1 Å². The van der Waals surface area contributed by atoms with Gasteiger partial charge in [0.25, 0.3) is 0 Å². The molecule has 2 unspecified atom stereocenters. The zero-order valence-corrected chi connectivity index (χ0v) is 9.06. The molecule has 1 saturated heterocycles. The summed E-state index contributed by atoms with van der Waals surface area (Å²) in [5.41, 5.74) is 0. The summed E-state index contributed by atoms with van der Waals surface area (Å²) >= 11 is 1.46. The van der Waals surface area contributed by atoms with Gasteiger partial charge in [0.1, 0.15) is 0 Å². The number of likely N-dealkylation sites (tertiary alicyclic amines) is 1. The van der Waals surface area contributed by atoms with E-state index in [9.17, 15) is 9.59 Å². The molecule has 0 spiro atoms. The summed E-state index contributed by atoms with van der Waals surface area (Å²) in [5, 5.41) is -0.138. The minimum atomic E-state index is -0.138. The maximum atomic E-state index is 11.6. The van der Waals surface area contributed by atoms with E-state index in [4.69, 9.17) is 0 Å². The molecule has 0 aromatic rings. The molecule has 2 atom stereocenters. The highest BCUT2D eigenvalue weighted by Crippen LogP contribution is 2.25. The van der Waals surface area contributed by atoms with Crippen LogP contribution in [-0.2, 0) is 9.59 Å². The highest BCUT2D eigenvalue weighted by Gasteiger charge is 2.39. The fraction of sp³-hybridized carbons (Fsp3) is 0.778. The van der Waals surface area contributed by atoms with E-state index < -0.39 is 0 Å². The van der Waals surface area contributed by atoms with E-state index in [2.05, 4.69) is 0 Å². The third-order valence-electron chi connectivity index (χ3n) is 2.46. The number of imide groups is 1. The minimum absolute atomic E-state index is 0.00755. The second kappa shape index (κ2) is 4.13. The van der Waals surface area contributed by atoms with Crippen LogP contribution in [0.3, 0.4) is 0 Å². The van der Waals surface area contributed by atoms with Gasteiger partial charge in [-0.15, -0.1) is 0 Å². The van der Waals surface area contributed by atoms with E-state index in [1.165, 1.54) is 16.7 Å². The van der Waals surface area contributed by atoms with Crippen molar-refractivity contribution < 1.29 is 9.59 Å². The minimum Gasteiger partial charge on any atom is -0.279 e. The van der Waals surface area contributed by atoms with Crippen LogP contribution in [0.25, 0.3) is 0 Å². The van der Waals surface area contributed by atoms with E-state index in [0.717, 1.165) is 6.42 Å². The molecule has 0 aromatic carbocycles. The van der Waals surface area contributed by atoms with E-state index in [1.807, 2.05) is 20.1 Å². The molecular formula is C9H15NO2S. The van der Waals surface area contributed by atoms with Crippen molar-refractivity contribution in [2.24, 2.45) is 0 Å². The first kappa shape index (κ1) is 10.6. The van der Waals surface area contributed by atoms with Crippen LogP contribution in [0.5, 0.6) is 0 Å². The molecule has 0 saturated carbocycles. The van der Waals surface area contributed by atoms with Crippen LogP contribution in [0, 0.1) is 0 Å². The van der Waals surface area contributed by atoms with Gasteiger partial charge in [-0.1, -0.05) is 6.92 Å². The van der Waals surface area contributed by atoms with Gasteiger partial charge in [0.05, 0.1) is 5.25 Å². The summed E-state index contributed by atoms with van der Waals surface area (Å²) in [6.45, 7) is 3.90. The molecule has 1 fully saturated rings. The first-order valence-electron chi connectivity index (χ1n) is 4.50. The topological polar surface area (TPSA) is 37.4 Å². The van der Waals surface area contributed by atoms with E-state index in [0.29, 0.717) is 6.42 Å². The Hall–Kier alpha value is -0.510. The van der Waals surface area contributed by atoms with Gasteiger partial charge >= 0.3 is 0 Å².